The van der Waals surface area contributed by atoms with Gasteiger partial charge in [-0.1, -0.05) is 0 Å². The Kier molecular flexibility index (Phi) is 5.15. The third-order valence-electron chi connectivity index (χ3n) is 5.17. The molecule has 24 heavy (non-hydrogen) atoms. The van der Waals surface area contributed by atoms with E-state index in [1.165, 1.54) is 10.0 Å². The van der Waals surface area contributed by atoms with E-state index in [1.54, 1.807) is 7.16 Å². The summed E-state index contributed by atoms with van der Waals surface area (Å²) in [5.74, 6) is 0. The fraction of sp³-hybridized carbons (Fsp3) is 0.217. The molecule has 1 heteroatoms. The van der Waals surface area contributed by atoms with Gasteiger partial charge in [-0.3, -0.25) is 0 Å². The van der Waals surface area contributed by atoms with Crippen LogP contribution in [0.3, 0.4) is 0 Å². The van der Waals surface area contributed by atoms with Gasteiger partial charge in [-0.25, -0.2) is 0 Å². The van der Waals surface area contributed by atoms with Gasteiger partial charge >= 0.3 is 151 Å². The Morgan fingerprint density at radius 3 is 1.42 bits per heavy atom. The fourth-order valence-electron chi connectivity index (χ4n) is 3.86. The van der Waals surface area contributed by atoms with Crippen LogP contribution in [-0.4, -0.2) is 18.4 Å². The number of rotatable bonds is 5. The van der Waals surface area contributed by atoms with Crippen LogP contribution in [0.1, 0.15) is 19.4 Å². The van der Waals surface area contributed by atoms with Crippen LogP contribution in [0.25, 0.3) is 0 Å². The molecule has 0 radical (unpaired) electrons. The van der Waals surface area contributed by atoms with Crippen molar-refractivity contribution in [3.8, 4) is 0 Å². The Balaban J connectivity index is 2.06. The van der Waals surface area contributed by atoms with Gasteiger partial charge in [-0.05, 0) is 0 Å². The summed E-state index contributed by atoms with van der Waals surface area (Å²) in [4.78, 5) is 2.59. The van der Waals surface area contributed by atoms with E-state index < -0.39 is 18.4 Å². The SMILES string of the molecule is CC(C)([CH2][Sn]([CH3])([c]1ccccc1)[c]1ccccc1)c1ccccc1. The van der Waals surface area contributed by atoms with Crippen molar-refractivity contribution >= 4 is 25.5 Å². The molecule has 0 fully saturated rings. The summed E-state index contributed by atoms with van der Waals surface area (Å²) < 4.78 is 4.43. The summed E-state index contributed by atoms with van der Waals surface area (Å²) in [6.07, 6.45) is 0. The molecule has 0 nitrogen and oxygen atoms in total. The minimum atomic E-state index is -2.74. The molecule has 3 aromatic carbocycles. The first-order valence-electron chi connectivity index (χ1n) is 8.69. The molecule has 0 bridgehead atoms. The van der Waals surface area contributed by atoms with Crippen molar-refractivity contribution in [1.82, 2.24) is 0 Å². The minimum absolute atomic E-state index is 0.178. The second kappa shape index (κ2) is 7.14. The molecular weight excluding hydrogens is 395 g/mol. The Morgan fingerprint density at radius 2 is 1.00 bits per heavy atom. The predicted octanol–water partition coefficient (Wildman–Crippen LogP) is 4.86. The van der Waals surface area contributed by atoms with E-state index in [-0.39, 0.29) is 5.41 Å². The van der Waals surface area contributed by atoms with Crippen LogP contribution >= 0.6 is 0 Å². The molecule has 0 aliphatic carbocycles. The van der Waals surface area contributed by atoms with Gasteiger partial charge in [0.1, 0.15) is 0 Å². The van der Waals surface area contributed by atoms with Gasteiger partial charge < -0.3 is 0 Å². The molecule has 0 saturated carbocycles. The molecular formula is C23H26Sn. The third-order valence-corrected chi connectivity index (χ3v) is 18.9. The average molecular weight is 421 g/mol. The van der Waals surface area contributed by atoms with Crippen molar-refractivity contribution in [2.24, 2.45) is 0 Å². The molecule has 122 valence electrons. The van der Waals surface area contributed by atoms with Gasteiger partial charge in [0.05, 0.1) is 0 Å². The first-order chi connectivity index (χ1) is 11.5. The quantitative estimate of drug-likeness (QED) is 0.517. The van der Waals surface area contributed by atoms with E-state index in [9.17, 15) is 0 Å². The molecule has 0 saturated heterocycles. The maximum absolute atomic E-state index is 2.74. The zero-order chi connectivity index (χ0) is 17.0. The summed E-state index contributed by atoms with van der Waals surface area (Å²) in [6.45, 7) is 4.81. The summed E-state index contributed by atoms with van der Waals surface area (Å²) in [7, 11) is 0. The molecule has 0 atom stereocenters. The molecule has 0 spiro atoms. The molecule has 0 aromatic heterocycles. The molecule has 0 amide bonds. The van der Waals surface area contributed by atoms with Gasteiger partial charge in [-0.2, -0.15) is 0 Å². The summed E-state index contributed by atoms with van der Waals surface area (Å²) >= 11 is -2.74. The Morgan fingerprint density at radius 1 is 0.625 bits per heavy atom. The van der Waals surface area contributed by atoms with Crippen LogP contribution in [0, 0.1) is 0 Å². The van der Waals surface area contributed by atoms with Crippen LogP contribution in [0.15, 0.2) is 91.0 Å². The second-order valence-electron chi connectivity index (χ2n) is 7.49. The third kappa shape index (κ3) is 3.59. The normalized spacial score (nSPS) is 12.1. The maximum atomic E-state index is 2.59. The Hall–Kier alpha value is -1.54. The predicted molar refractivity (Wildman–Crippen MR) is 108 cm³/mol. The first kappa shape index (κ1) is 17.3. The van der Waals surface area contributed by atoms with Crippen molar-refractivity contribution in [3.05, 3.63) is 96.6 Å². The first-order valence-corrected chi connectivity index (χ1v) is 16.4. The van der Waals surface area contributed by atoms with Crippen molar-refractivity contribution in [2.75, 3.05) is 0 Å². The fourth-order valence-corrected chi connectivity index (χ4v) is 16.9. The van der Waals surface area contributed by atoms with E-state index in [0.717, 1.165) is 0 Å². The van der Waals surface area contributed by atoms with Crippen molar-refractivity contribution < 1.29 is 0 Å². The molecule has 3 aromatic rings. The molecule has 0 aliphatic rings. The van der Waals surface area contributed by atoms with Gasteiger partial charge in [-0.15, -0.1) is 0 Å². The zero-order valence-electron chi connectivity index (χ0n) is 14.9. The standard InChI is InChI=1S/C10H13.2C6H5.CH3.Sn/c1-10(2,3)9-7-5-4-6-8-9;2*1-2-4-6-5-3-1;;/h4-8H,1H2,2-3H3;2*1-5H;1H3;. The monoisotopic (exact) mass is 422 g/mol. The van der Waals surface area contributed by atoms with Gasteiger partial charge in [0.15, 0.2) is 0 Å². The van der Waals surface area contributed by atoms with Crippen LogP contribution in [0.5, 0.6) is 0 Å². The second-order valence-corrected chi connectivity index (χ2v) is 19.4. The Labute approximate surface area is 150 Å². The van der Waals surface area contributed by atoms with Crippen LogP contribution in [0.2, 0.25) is 9.38 Å². The van der Waals surface area contributed by atoms with Gasteiger partial charge in [0, 0.05) is 0 Å². The summed E-state index contributed by atoms with van der Waals surface area (Å²) in [5.41, 5.74) is 1.62. The number of benzene rings is 3. The van der Waals surface area contributed by atoms with E-state index in [1.807, 2.05) is 0 Å². The van der Waals surface area contributed by atoms with Gasteiger partial charge in [0.25, 0.3) is 0 Å². The van der Waals surface area contributed by atoms with E-state index in [0.29, 0.717) is 0 Å². The molecule has 0 aliphatic heterocycles. The molecule has 0 unspecified atom stereocenters. The molecule has 0 N–H and O–H groups in total. The zero-order valence-corrected chi connectivity index (χ0v) is 17.7. The van der Waals surface area contributed by atoms with Gasteiger partial charge in [0.2, 0.25) is 0 Å². The summed E-state index contributed by atoms with van der Waals surface area (Å²) in [5, 5.41) is 0. The van der Waals surface area contributed by atoms with E-state index >= 15 is 0 Å². The van der Waals surface area contributed by atoms with Crippen LogP contribution in [0.4, 0.5) is 0 Å². The van der Waals surface area contributed by atoms with Crippen LogP contribution in [-0.2, 0) is 5.41 Å². The summed E-state index contributed by atoms with van der Waals surface area (Å²) in [6, 6.07) is 33.4. The number of hydrogen-bond donors (Lipinski definition) is 0. The van der Waals surface area contributed by atoms with Crippen molar-refractivity contribution in [1.29, 1.82) is 0 Å². The van der Waals surface area contributed by atoms with Crippen molar-refractivity contribution in [3.63, 3.8) is 0 Å². The van der Waals surface area contributed by atoms with E-state index in [2.05, 4.69) is 110 Å². The van der Waals surface area contributed by atoms with Crippen LogP contribution < -0.4 is 7.16 Å². The molecule has 3 rings (SSSR count). The topological polar surface area (TPSA) is 0 Å². The van der Waals surface area contributed by atoms with E-state index in [4.69, 9.17) is 0 Å². The number of hydrogen-bond acceptors (Lipinski definition) is 0. The van der Waals surface area contributed by atoms with Crippen molar-refractivity contribution in [2.45, 2.75) is 28.6 Å². The Bertz CT molecular complexity index is 721. The average Bonchev–Trinajstić information content (AvgIpc) is 2.63. The molecule has 0 heterocycles.